The monoisotopic (exact) mass is 516 g/mol. The molecular weight excluding hydrogens is 488 g/mol. The number of hydrogen-bond acceptors (Lipinski definition) is 7. The summed E-state index contributed by atoms with van der Waals surface area (Å²) in [5, 5.41) is 7.86. The van der Waals surface area contributed by atoms with E-state index in [1.165, 1.54) is 6.26 Å². The Bertz CT molecular complexity index is 1250. The summed E-state index contributed by atoms with van der Waals surface area (Å²) >= 11 is 5.94. The van der Waals surface area contributed by atoms with Crippen LogP contribution >= 0.6 is 11.6 Å². The lowest BCUT2D eigenvalue weighted by Gasteiger charge is -2.31. The fraction of sp³-hybridized carbons (Fsp3) is 0.400. The van der Waals surface area contributed by atoms with Crippen LogP contribution < -0.4 is 5.32 Å². The molecule has 186 valence electrons. The van der Waals surface area contributed by atoms with Crippen molar-refractivity contribution in [1.29, 1.82) is 0 Å². The van der Waals surface area contributed by atoms with Gasteiger partial charge in [-0.15, -0.1) is 0 Å². The molecule has 1 amide bonds. The van der Waals surface area contributed by atoms with Gasteiger partial charge in [0.15, 0.2) is 9.84 Å². The van der Waals surface area contributed by atoms with Gasteiger partial charge in [-0.1, -0.05) is 35.8 Å². The van der Waals surface area contributed by atoms with Gasteiger partial charge in [-0.05, 0) is 74.3 Å². The molecule has 0 saturated carbocycles. The highest BCUT2D eigenvalue weighted by atomic mass is 35.5. The Kier molecular flexibility index (Phi) is 7.88. The summed E-state index contributed by atoms with van der Waals surface area (Å²) in [7, 11) is -3.25. The van der Waals surface area contributed by atoms with Crippen molar-refractivity contribution in [3.63, 3.8) is 0 Å². The van der Waals surface area contributed by atoms with Crippen molar-refractivity contribution < 1.29 is 17.7 Å². The van der Waals surface area contributed by atoms with E-state index < -0.39 is 9.84 Å². The summed E-state index contributed by atoms with van der Waals surface area (Å²) in [4.78, 5) is 19.9. The summed E-state index contributed by atoms with van der Waals surface area (Å²) in [6.45, 7) is 4.06. The number of nitrogens with one attached hydrogen (secondary N) is 1. The third kappa shape index (κ3) is 6.48. The van der Waals surface area contributed by atoms with Gasteiger partial charge in [-0.2, -0.15) is 4.98 Å². The Labute approximate surface area is 210 Å². The Balaban J connectivity index is 1.29. The predicted octanol–water partition coefficient (Wildman–Crippen LogP) is 4.27. The van der Waals surface area contributed by atoms with E-state index in [0.717, 1.165) is 43.5 Å². The molecular formula is C25H29ClN4O4S. The van der Waals surface area contributed by atoms with E-state index in [4.69, 9.17) is 16.1 Å². The zero-order chi connectivity index (χ0) is 25.0. The molecule has 1 N–H and O–H groups in total. The average Bonchev–Trinajstić information content (AvgIpc) is 3.31. The van der Waals surface area contributed by atoms with Crippen LogP contribution in [0.2, 0.25) is 5.02 Å². The summed E-state index contributed by atoms with van der Waals surface area (Å²) < 4.78 is 28.8. The van der Waals surface area contributed by atoms with Crippen LogP contribution in [0.25, 0.3) is 11.4 Å². The van der Waals surface area contributed by atoms with Crippen LogP contribution in [-0.4, -0.2) is 48.7 Å². The summed E-state index contributed by atoms with van der Waals surface area (Å²) in [5.41, 5.74) is 1.75. The molecule has 35 heavy (non-hydrogen) atoms. The van der Waals surface area contributed by atoms with Gasteiger partial charge in [-0.25, -0.2) is 8.42 Å². The number of rotatable bonds is 8. The number of likely N-dealkylation sites (tertiary alicyclic amines) is 1. The molecule has 1 fully saturated rings. The van der Waals surface area contributed by atoms with Crippen molar-refractivity contribution in [2.24, 2.45) is 5.92 Å². The Morgan fingerprint density at radius 1 is 1.14 bits per heavy atom. The van der Waals surface area contributed by atoms with E-state index in [0.29, 0.717) is 23.3 Å². The van der Waals surface area contributed by atoms with E-state index in [1.54, 1.807) is 36.4 Å². The molecule has 3 aromatic rings. The van der Waals surface area contributed by atoms with Crippen LogP contribution in [0.15, 0.2) is 57.9 Å². The van der Waals surface area contributed by atoms with Crippen LogP contribution in [0.3, 0.4) is 0 Å². The molecule has 1 saturated heterocycles. The maximum absolute atomic E-state index is 12.9. The zero-order valence-corrected chi connectivity index (χ0v) is 21.3. The highest BCUT2D eigenvalue weighted by molar-refractivity contribution is 7.90. The fourth-order valence-corrected chi connectivity index (χ4v) is 4.99. The van der Waals surface area contributed by atoms with Gasteiger partial charge < -0.3 is 9.84 Å². The van der Waals surface area contributed by atoms with Crippen LogP contribution in [0, 0.1) is 5.92 Å². The van der Waals surface area contributed by atoms with Crippen LogP contribution in [0.5, 0.6) is 0 Å². The normalized spacial score (nSPS) is 16.2. The number of piperidine rings is 1. The van der Waals surface area contributed by atoms with Gasteiger partial charge in [0.05, 0.1) is 17.5 Å². The highest BCUT2D eigenvalue weighted by Crippen LogP contribution is 2.24. The summed E-state index contributed by atoms with van der Waals surface area (Å²) in [6.07, 6.45) is 3.39. The molecule has 2 aromatic carbocycles. The van der Waals surface area contributed by atoms with Gasteiger partial charge in [0.1, 0.15) is 0 Å². The highest BCUT2D eigenvalue weighted by Gasteiger charge is 2.27. The third-order valence-corrected chi connectivity index (χ3v) is 7.70. The zero-order valence-electron chi connectivity index (χ0n) is 19.8. The third-order valence-electron chi connectivity index (χ3n) is 6.32. The number of halogens is 1. The number of nitrogens with zero attached hydrogens (tertiary/aromatic N) is 3. The molecule has 4 rings (SSSR count). The summed E-state index contributed by atoms with van der Waals surface area (Å²) in [6, 6.07) is 13.9. The first-order valence-corrected chi connectivity index (χ1v) is 13.9. The Morgan fingerprint density at radius 2 is 1.80 bits per heavy atom. The minimum atomic E-state index is -3.25. The molecule has 8 nitrogen and oxygen atoms in total. The minimum Gasteiger partial charge on any atom is -0.349 e. The molecule has 10 heteroatoms. The fourth-order valence-electron chi connectivity index (χ4n) is 4.24. The van der Waals surface area contributed by atoms with Crippen molar-refractivity contribution in [3.05, 3.63) is 65.0 Å². The largest absolute Gasteiger partial charge is 0.349 e. The number of sulfone groups is 1. The lowest BCUT2D eigenvalue weighted by molar-refractivity contribution is -0.127. The number of benzene rings is 2. The molecule has 1 aliphatic heterocycles. The van der Waals surface area contributed by atoms with Gasteiger partial charge in [0.25, 0.3) is 0 Å². The van der Waals surface area contributed by atoms with Crippen molar-refractivity contribution in [1.82, 2.24) is 20.4 Å². The van der Waals surface area contributed by atoms with Crippen molar-refractivity contribution in [3.8, 4) is 11.4 Å². The van der Waals surface area contributed by atoms with E-state index >= 15 is 0 Å². The molecule has 1 aliphatic rings. The quantitative estimate of drug-likeness (QED) is 0.476. The molecule has 2 heterocycles. The van der Waals surface area contributed by atoms with Gasteiger partial charge in [0.2, 0.25) is 17.6 Å². The lowest BCUT2D eigenvalue weighted by Crippen LogP contribution is -2.41. The molecule has 0 aliphatic carbocycles. The van der Waals surface area contributed by atoms with Crippen molar-refractivity contribution in [2.45, 2.75) is 43.7 Å². The first kappa shape index (κ1) is 25.3. The maximum Gasteiger partial charge on any atom is 0.241 e. The van der Waals surface area contributed by atoms with Crippen LogP contribution in [0.4, 0.5) is 0 Å². The van der Waals surface area contributed by atoms with Gasteiger partial charge in [0, 0.05) is 22.8 Å². The first-order chi connectivity index (χ1) is 16.7. The topological polar surface area (TPSA) is 105 Å². The average molecular weight is 517 g/mol. The van der Waals surface area contributed by atoms with E-state index in [1.807, 2.05) is 19.1 Å². The molecule has 0 radical (unpaired) electrons. The maximum atomic E-state index is 12.9. The van der Waals surface area contributed by atoms with E-state index in [9.17, 15) is 13.2 Å². The number of aromatic nitrogens is 2. The molecule has 1 atom stereocenters. The number of hydrogen-bond donors (Lipinski definition) is 1. The Hall–Kier alpha value is -2.75. The summed E-state index contributed by atoms with van der Waals surface area (Å²) in [5.74, 6) is 1.04. The van der Waals surface area contributed by atoms with E-state index in [2.05, 4.69) is 20.4 Å². The van der Waals surface area contributed by atoms with Gasteiger partial charge in [-0.3, -0.25) is 9.69 Å². The van der Waals surface area contributed by atoms with E-state index in [-0.39, 0.29) is 22.8 Å². The molecule has 1 unspecified atom stereocenters. The molecule has 1 aromatic heterocycles. The van der Waals surface area contributed by atoms with Gasteiger partial charge >= 0.3 is 0 Å². The Morgan fingerprint density at radius 3 is 2.40 bits per heavy atom. The van der Waals surface area contributed by atoms with Crippen LogP contribution in [-0.2, 0) is 21.2 Å². The number of carbonyl (C=O) groups excluding carboxylic acids is 1. The van der Waals surface area contributed by atoms with Crippen LogP contribution in [0.1, 0.15) is 43.7 Å². The molecule has 0 bridgehead atoms. The second-order valence-electron chi connectivity index (χ2n) is 8.88. The molecule has 0 spiro atoms. The standard InChI is InChI=1S/C25H29ClN4O4S/c1-3-22(17-6-10-21(11-7-17)35(2,32)33)27-25(31)19-12-14-30(15-13-19)16-23-28-24(29-34-23)18-4-8-20(26)9-5-18/h4-11,19,22H,3,12-16H2,1-2H3,(H,27,31). The lowest BCUT2D eigenvalue weighted by atomic mass is 9.94. The minimum absolute atomic E-state index is 0.0338. The SMILES string of the molecule is CCC(NC(=O)C1CCN(Cc2nc(-c3ccc(Cl)cc3)no2)CC1)c1ccc(S(C)(=O)=O)cc1. The smallest absolute Gasteiger partial charge is 0.241 e. The predicted molar refractivity (Wildman–Crippen MR) is 133 cm³/mol. The second kappa shape index (κ2) is 10.9. The van der Waals surface area contributed by atoms with Crippen molar-refractivity contribution in [2.75, 3.05) is 19.3 Å². The number of amides is 1. The van der Waals surface area contributed by atoms with Crippen molar-refractivity contribution >= 4 is 27.3 Å². The second-order valence-corrected chi connectivity index (χ2v) is 11.3. The first-order valence-electron chi connectivity index (χ1n) is 11.6. The number of carbonyl (C=O) groups is 1.